The molecule has 2 rings (SSSR count). The van der Waals surface area contributed by atoms with Crippen LogP contribution in [0.25, 0.3) is 0 Å². The molecule has 0 aliphatic carbocycles. The van der Waals surface area contributed by atoms with Gasteiger partial charge in [-0.25, -0.2) is 8.42 Å². The number of benzene rings is 1. The minimum atomic E-state index is -3.13. The summed E-state index contributed by atoms with van der Waals surface area (Å²) >= 11 is 5.62. The van der Waals surface area contributed by atoms with E-state index in [0.717, 1.165) is 5.56 Å². The van der Waals surface area contributed by atoms with Crippen molar-refractivity contribution in [2.24, 2.45) is 0 Å². The highest BCUT2D eigenvalue weighted by molar-refractivity contribution is 7.91. The van der Waals surface area contributed by atoms with Crippen LogP contribution in [0.15, 0.2) is 18.2 Å². The minimum Gasteiger partial charge on any atom is -0.506 e. The van der Waals surface area contributed by atoms with E-state index in [1.807, 2.05) is 6.92 Å². The number of hydrogen-bond donors (Lipinski definition) is 1. The first-order valence-corrected chi connectivity index (χ1v) is 8.58. The van der Waals surface area contributed by atoms with Crippen molar-refractivity contribution in [2.45, 2.75) is 19.4 Å². The number of carbonyl (C=O) groups is 1. The number of anilines is 1. The maximum Gasteiger partial charge on any atom is 0.242 e. The van der Waals surface area contributed by atoms with Gasteiger partial charge in [0.15, 0.2) is 9.84 Å². The molecule has 20 heavy (non-hydrogen) atoms. The van der Waals surface area contributed by atoms with E-state index >= 15 is 0 Å². The summed E-state index contributed by atoms with van der Waals surface area (Å²) in [5.74, 6) is -0.767. The van der Waals surface area contributed by atoms with Crippen LogP contribution in [-0.2, 0) is 14.6 Å². The molecule has 1 aromatic rings. The molecule has 1 heterocycles. The van der Waals surface area contributed by atoms with E-state index in [9.17, 15) is 18.3 Å². The summed E-state index contributed by atoms with van der Waals surface area (Å²) in [4.78, 5) is 13.4. The zero-order valence-corrected chi connectivity index (χ0v) is 12.6. The first-order valence-electron chi connectivity index (χ1n) is 6.22. The number of alkyl halides is 1. The van der Waals surface area contributed by atoms with Crippen LogP contribution < -0.4 is 4.90 Å². The van der Waals surface area contributed by atoms with Gasteiger partial charge in [-0.3, -0.25) is 4.79 Å². The van der Waals surface area contributed by atoms with Crippen LogP contribution in [0.4, 0.5) is 5.69 Å². The van der Waals surface area contributed by atoms with Crippen LogP contribution in [0, 0.1) is 6.92 Å². The maximum absolute atomic E-state index is 12.1. The number of nitrogens with zero attached hydrogens (tertiary/aromatic N) is 1. The summed E-state index contributed by atoms with van der Waals surface area (Å²) in [6.45, 7) is 1.83. The average molecular weight is 318 g/mol. The van der Waals surface area contributed by atoms with Crippen LogP contribution in [-0.4, -0.2) is 42.9 Å². The van der Waals surface area contributed by atoms with Gasteiger partial charge in [-0.1, -0.05) is 6.07 Å². The van der Waals surface area contributed by atoms with Gasteiger partial charge in [-0.2, -0.15) is 0 Å². The fraction of sp³-hybridized carbons (Fsp3) is 0.462. The Balaban J connectivity index is 2.43. The second kappa shape index (κ2) is 5.61. The molecule has 1 atom stereocenters. The monoisotopic (exact) mass is 317 g/mol. The summed E-state index contributed by atoms with van der Waals surface area (Å²) in [5.41, 5.74) is 1.18. The second-order valence-electron chi connectivity index (χ2n) is 4.95. The van der Waals surface area contributed by atoms with Gasteiger partial charge in [0.1, 0.15) is 11.6 Å². The molecule has 0 saturated carbocycles. The van der Waals surface area contributed by atoms with E-state index in [-0.39, 0.29) is 23.1 Å². The summed E-state index contributed by atoms with van der Waals surface area (Å²) in [5, 5.41) is 9.95. The zero-order chi connectivity index (χ0) is 14.9. The number of hydrogen-bond acceptors (Lipinski definition) is 4. The van der Waals surface area contributed by atoms with Crippen molar-refractivity contribution in [1.29, 1.82) is 0 Å². The lowest BCUT2D eigenvalue weighted by molar-refractivity contribution is -0.116. The van der Waals surface area contributed by atoms with Gasteiger partial charge in [-0.05, 0) is 31.0 Å². The lowest BCUT2D eigenvalue weighted by Crippen LogP contribution is -2.42. The third-order valence-corrected chi connectivity index (χ3v) is 5.33. The Labute approximate surface area is 123 Å². The van der Waals surface area contributed by atoms with E-state index in [0.29, 0.717) is 12.1 Å². The van der Waals surface area contributed by atoms with Crippen molar-refractivity contribution < 1.29 is 18.3 Å². The summed E-state index contributed by atoms with van der Waals surface area (Å²) in [6, 6.07) is 4.39. The lowest BCUT2D eigenvalue weighted by atomic mass is 10.1. The largest absolute Gasteiger partial charge is 0.506 e. The van der Waals surface area contributed by atoms with E-state index < -0.39 is 21.8 Å². The number of phenols is 1. The van der Waals surface area contributed by atoms with Gasteiger partial charge in [-0.15, -0.1) is 11.6 Å². The van der Waals surface area contributed by atoms with Crippen LogP contribution in [0.2, 0.25) is 0 Å². The van der Waals surface area contributed by atoms with Gasteiger partial charge in [0.25, 0.3) is 0 Å². The molecular formula is C13H16ClNO4S. The van der Waals surface area contributed by atoms with Crippen molar-refractivity contribution in [2.75, 3.05) is 22.3 Å². The van der Waals surface area contributed by atoms with Crippen molar-refractivity contribution >= 4 is 33.0 Å². The fourth-order valence-electron chi connectivity index (χ4n) is 2.40. The Kier molecular flexibility index (Phi) is 4.25. The summed E-state index contributed by atoms with van der Waals surface area (Å²) in [6.07, 6.45) is 0.359. The van der Waals surface area contributed by atoms with Crippen LogP contribution >= 0.6 is 11.6 Å². The van der Waals surface area contributed by atoms with Crippen molar-refractivity contribution in [3.8, 4) is 5.75 Å². The molecule has 110 valence electrons. The molecule has 1 aliphatic rings. The molecule has 1 N–H and O–H groups in total. The topological polar surface area (TPSA) is 74.7 Å². The Morgan fingerprint density at radius 2 is 2.20 bits per heavy atom. The van der Waals surface area contributed by atoms with Gasteiger partial charge < -0.3 is 10.0 Å². The first kappa shape index (κ1) is 15.1. The number of sulfone groups is 1. The van der Waals surface area contributed by atoms with Crippen LogP contribution in [0.5, 0.6) is 5.75 Å². The standard InChI is InChI=1S/C13H16ClNO4S/c1-9-2-3-12(16)11(6-9)15(13(17)7-14)10-4-5-20(18,19)8-10/h2-3,6,10,16H,4-5,7-8H2,1H3/t10-/m1/s1. The molecule has 5 nitrogen and oxygen atoms in total. The van der Waals surface area contributed by atoms with Gasteiger partial charge in [0.2, 0.25) is 5.91 Å². The Bertz CT molecular complexity index is 629. The van der Waals surface area contributed by atoms with Gasteiger partial charge >= 0.3 is 0 Å². The molecule has 1 aromatic carbocycles. The highest BCUT2D eigenvalue weighted by atomic mass is 35.5. The normalized spacial score (nSPS) is 20.8. The third-order valence-electron chi connectivity index (χ3n) is 3.35. The Morgan fingerprint density at radius 1 is 1.50 bits per heavy atom. The Hall–Kier alpha value is -1.27. The molecule has 7 heteroatoms. The van der Waals surface area contributed by atoms with E-state index in [1.165, 1.54) is 11.0 Å². The number of aryl methyl sites for hydroxylation is 1. The molecular weight excluding hydrogens is 302 g/mol. The molecule has 1 saturated heterocycles. The second-order valence-corrected chi connectivity index (χ2v) is 7.44. The molecule has 0 unspecified atom stereocenters. The zero-order valence-electron chi connectivity index (χ0n) is 11.0. The SMILES string of the molecule is Cc1ccc(O)c(N(C(=O)CCl)[C@@H]2CCS(=O)(=O)C2)c1. The summed E-state index contributed by atoms with van der Waals surface area (Å²) in [7, 11) is -3.13. The minimum absolute atomic E-state index is 0.0519. The predicted octanol–water partition coefficient (Wildman–Crippen LogP) is 1.46. The first-order chi connectivity index (χ1) is 9.34. The lowest BCUT2D eigenvalue weighted by Gasteiger charge is -2.28. The number of phenolic OH excluding ortho intramolecular Hbond substituents is 1. The van der Waals surface area contributed by atoms with E-state index in [1.54, 1.807) is 12.1 Å². The quantitative estimate of drug-likeness (QED) is 0.856. The number of carbonyl (C=O) groups excluding carboxylic acids is 1. The molecule has 1 aliphatic heterocycles. The molecule has 0 bridgehead atoms. The van der Waals surface area contributed by atoms with E-state index in [2.05, 4.69) is 0 Å². The molecule has 1 amide bonds. The van der Waals surface area contributed by atoms with Gasteiger partial charge in [0, 0.05) is 0 Å². The average Bonchev–Trinajstić information content (AvgIpc) is 2.74. The summed E-state index contributed by atoms with van der Waals surface area (Å²) < 4.78 is 23.2. The van der Waals surface area contributed by atoms with Crippen molar-refractivity contribution in [1.82, 2.24) is 0 Å². The van der Waals surface area contributed by atoms with Gasteiger partial charge in [0.05, 0.1) is 23.2 Å². The van der Waals surface area contributed by atoms with Crippen molar-refractivity contribution in [3.63, 3.8) is 0 Å². The highest BCUT2D eigenvalue weighted by Crippen LogP contribution is 2.32. The predicted molar refractivity (Wildman–Crippen MR) is 78.1 cm³/mol. The molecule has 1 fully saturated rings. The number of aromatic hydroxyl groups is 1. The molecule has 0 aromatic heterocycles. The molecule has 0 radical (unpaired) electrons. The smallest absolute Gasteiger partial charge is 0.242 e. The maximum atomic E-state index is 12.1. The number of rotatable bonds is 3. The fourth-order valence-corrected chi connectivity index (χ4v) is 4.23. The number of amides is 1. The van der Waals surface area contributed by atoms with Crippen molar-refractivity contribution in [3.05, 3.63) is 23.8 Å². The van der Waals surface area contributed by atoms with Crippen LogP contribution in [0.3, 0.4) is 0 Å². The number of halogens is 1. The van der Waals surface area contributed by atoms with Crippen LogP contribution in [0.1, 0.15) is 12.0 Å². The van der Waals surface area contributed by atoms with E-state index in [4.69, 9.17) is 11.6 Å². The molecule has 0 spiro atoms. The third kappa shape index (κ3) is 3.07. The highest BCUT2D eigenvalue weighted by Gasteiger charge is 2.36. The Morgan fingerprint density at radius 3 is 2.75 bits per heavy atom.